The Morgan fingerprint density at radius 2 is 2.37 bits per heavy atom. The summed E-state index contributed by atoms with van der Waals surface area (Å²) in [5.74, 6) is 7.29. The molecule has 4 heteroatoms. The molecule has 1 atom stereocenters. The fraction of sp³-hybridized carbons (Fsp3) is 0.533. The van der Waals surface area contributed by atoms with E-state index in [4.69, 9.17) is 21.1 Å². The lowest BCUT2D eigenvalue weighted by molar-refractivity contribution is -0.0111. The van der Waals surface area contributed by atoms with Crippen LogP contribution < -0.4 is 4.74 Å². The summed E-state index contributed by atoms with van der Waals surface area (Å²) < 4.78 is 11.3. The van der Waals surface area contributed by atoms with Crippen molar-refractivity contribution in [3.05, 3.63) is 24.0 Å². The highest BCUT2D eigenvalue weighted by Gasteiger charge is 2.14. The number of ether oxygens (including phenoxy) is 2. The highest BCUT2D eigenvalue weighted by Crippen LogP contribution is 2.16. The number of alkyl halides is 1. The van der Waals surface area contributed by atoms with Gasteiger partial charge in [0, 0.05) is 30.7 Å². The number of hydrogen-bond acceptors (Lipinski definition) is 3. The van der Waals surface area contributed by atoms with Crippen LogP contribution in [0.25, 0.3) is 0 Å². The molecule has 0 aromatic carbocycles. The third kappa shape index (κ3) is 5.10. The molecule has 1 fully saturated rings. The predicted octanol–water partition coefficient (Wildman–Crippen LogP) is 3.01. The summed E-state index contributed by atoms with van der Waals surface area (Å²) in [4.78, 5) is 4.13. The third-order valence-corrected chi connectivity index (χ3v) is 3.06. The van der Waals surface area contributed by atoms with Gasteiger partial charge in [-0.15, -0.1) is 11.6 Å². The second kappa shape index (κ2) is 8.04. The first-order valence-corrected chi connectivity index (χ1v) is 7.16. The van der Waals surface area contributed by atoms with Crippen molar-refractivity contribution in [2.45, 2.75) is 31.8 Å². The fourth-order valence-corrected chi connectivity index (χ4v) is 2.00. The van der Waals surface area contributed by atoms with E-state index in [9.17, 15) is 0 Å². The molecule has 1 aromatic rings. The lowest BCUT2D eigenvalue weighted by Crippen LogP contribution is -2.25. The first-order chi connectivity index (χ1) is 9.38. The molecule has 0 radical (unpaired) electrons. The van der Waals surface area contributed by atoms with Crippen LogP contribution in [0.15, 0.2) is 18.5 Å². The van der Waals surface area contributed by atoms with E-state index in [0.29, 0.717) is 18.9 Å². The van der Waals surface area contributed by atoms with E-state index < -0.39 is 0 Å². The summed E-state index contributed by atoms with van der Waals surface area (Å²) in [5, 5.41) is 0. The van der Waals surface area contributed by atoms with Gasteiger partial charge in [0.15, 0.2) is 0 Å². The van der Waals surface area contributed by atoms with Gasteiger partial charge in [0.1, 0.15) is 12.4 Å². The highest BCUT2D eigenvalue weighted by atomic mass is 35.5. The van der Waals surface area contributed by atoms with Gasteiger partial charge in [-0.3, -0.25) is 4.98 Å². The van der Waals surface area contributed by atoms with E-state index in [1.165, 1.54) is 6.42 Å². The number of rotatable bonds is 4. The third-order valence-electron chi connectivity index (χ3n) is 2.88. The molecule has 2 rings (SSSR count). The molecule has 19 heavy (non-hydrogen) atoms. The van der Waals surface area contributed by atoms with Crippen molar-refractivity contribution in [3.8, 4) is 17.6 Å². The zero-order chi connectivity index (χ0) is 13.3. The van der Waals surface area contributed by atoms with E-state index >= 15 is 0 Å². The Morgan fingerprint density at radius 1 is 1.42 bits per heavy atom. The first-order valence-electron chi connectivity index (χ1n) is 6.63. The average molecular weight is 280 g/mol. The van der Waals surface area contributed by atoms with Gasteiger partial charge in [-0.05, 0) is 25.3 Å². The molecule has 0 spiro atoms. The molecular weight excluding hydrogens is 262 g/mol. The predicted molar refractivity (Wildman–Crippen MR) is 75.5 cm³/mol. The van der Waals surface area contributed by atoms with Crippen molar-refractivity contribution in [2.75, 3.05) is 19.1 Å². The van der Waals surface area contributed by atoms with E-state index in [1.807, 2.05) is 6.07 Å². The Labute approximate surface area is 119 Å². The molecule has 1 saturated heterocycles. The number of halogens is 1. The van der Waals surface area contributed by atoms with Crippen LogP contribution >= 0.6 is 11.6 Å². The van der Waals surface area contributed by atoms with Gasteiger partial charge in [0.25, 0.3) is 0 Å². The van der Waals surface area contributed by atoms with Crippen molar-refractivity contribution >= 4 is 11.6 Å². The van der Waals surface area contributed by atoms with Crippen LogP contribution in [-0.2, 0) is 4.74 Å². The molecule has 1 aliphatic rings. The van der Waals surface area contributed by atoms with Crippen LogP contribution in [0.4, 0.5) is 0 Å². The van der Waals surface area contributed by atoms with Crippen LogP contribution in [0.5, 0.6) is 5.75 Å². The van der Waals surface area contributed by atoms with Crippen molar-refractivity contribution in [2.24, 2.45) is 0 Å². The van der Waals surface area contributed by atoms with Crippen molar-refractivity contribution in [3.63, 3.8) is 0 Å². The maximum absolute atomic E-state index is 5.71. The topological polar surface area (TPSA) is 31.4 Å². The molecule has 1 unspecified atom stereocenters. The minimum Gasteiger partial charge on any atom is -0.489 e. The fourth-order valence-electron chi connectivity index (χ4n) is 1.91. The van der Waals surface area contributed by atoms with Crippen LogP contribution in [0, 0.1) is 11.8 Å². The van der Waals surface area contributed by atoms with Gasteiger partial charge in [0.05, 0.1) is 12.3 Å². The van der Waals surface area contributed by atoms with Gasteiger partial charge < -0.3 is 9.47 Å². The summed E-state index contributed by atoms with van der Waals surface area (Å²) in [7, 11) is 0. The normalized spacial score (nSPS) is 18.5. The van der Waals surface area contributed by atoms with E-state index in [1.54, 1.807) is 12.4 Å². The summed E-state index contributed by atoms with van der Waals surface area (Å²) in [6, 6.07) is 1.90. The highest BCUT2D eigenvalue weighted by molar-refractivity contribution is 6.18. The molecule has 0 amide bonds. The zero-order valence-corrected chi connectivity index (χ0v) is 11.7. The molecule has 0 saturated carbocycles. The summed E-state index contributed by atoms with van der Waals surface area (Å²) in [6.07, 6.45) is 7.77. The van der Waals surface area contributed by atoms with Crippen LogP contribution in [0.3, 0.4) is 0 Å². The van der Waals surface area contributed by atoms with Crippen molar-refractivity contribution in [1.82, 2.24) is 4.98 Å². The van der Waals surface area contributed by atoms with Gasteiger partial charge >= 0.3 is 0 Å². The Bertz CT molecular complexity index is 447. The molecule has 3 nitrogen and oxygen atoms in total. The van der Waals surface area contributed by atoms with Gasteiger partial charge in [-0.2, -0.15) is 0 Å². The smallest absolute Gasteiger partial charge is 0.138 e. The number of hydrogen-bond donors (Lipinski definition) is 0. The molecular formula is C15H18ClNO2. The van der Waals surface area contributed by atoms with Crippen LogP contribution in [0.1, 0.15) is 31.2 Å². The lowest BCUT2D eigenvalue weighted by atomic mass is 10.1. The standard InChI is InChI=1S/C15H18ClNO2/c16-7-3-1-5-13-9-15(11-17-10-13)19-12-14-6-2-4-8-18-14/h9-11,14H,2-4,6-8,12H2. The maximum atomic E-state index is 5.71. The SMILES string of the molecule is ClCCC#Cc1cncc(OCC2CCCCO2)c1. The Morgan fingerprint density at radius 3 is 3.16 bits per heavy atom. The average Bonchev–Trinajstić information content (AvgIpc) is 2.47. The van der Waals surface area contributed by atoms with Crippen molar-refractivity contribution < 1.29 is 9.47 Å². The largest absolute Gasteiger partial charge is 0.489 e. The minimum absolute atomic E-state index is 0.208. The number of nitrogens with zero attached hydrogens (tertiary/aromatic N) is 1. The van der Waals surface area contributed by atoms with E-state index in [0.717, 1.165) is 30.8 Å². The molecule has 0 aliphatic carbocycles. The summed E-state index contributed by atoms with van der Waals surface area (Å²) in [5.41, 5.74) is 0.854. The zero-order valence-electron chi connectivity index (χ0n) is 10.9. The van der Waals surface area contributed by atoms with Gasteiger partial charge in [0.2, 0.25) is 0 Å². The quantitative estimate of drug-likeness (QED) is 0.627. The van der Waals surface area contributed by atoms with E-state index in [-0.39, 0.29) is 6.10 Å². The number of pyridine rings is 1. The minimum atomic E-state index is 0.208. The molecule has 102 valence electrons. The first kappa shape index (κ1) is 14.2. The Balaban J connectivity index is 1.86. The second-order valence-electron chi connectivity index (χ2n) is 4.45. The molecule has 2 heterocycles. The Kier molecular flexibility index (Phi) is 6.00. The van der Waals surface area contributed by atoms with Crippen LogP contribution in [0.2, 0.25) is 0 Å². The maximum Gasteiger partial charge on any atom is 0.138 e. The summed E-state index contributed by atoms with van der Waals surface area (Å²) >= 11 is 5.58. The van der Waals surface area contributed by atoms with Gasteiger partial charge in [-0.1, -0.05) is 11.8 Å². The van der Waals surface area contributed by atoms with E-state index in [2.05, 4.69) is 16.8 Å². The molecule has 1 aliphatic heterocycles. The second-order valence-corrected chi connectivity index (χ2v) is 4.83. The van der Waals surface area contributed by atoms with Crippen molar-refractivity contribution in [1.29, 1.82) is 0 Å². The molecule has 0 bridgehead atoms. The molecule has 1 aromatic heterocycles. The van der Waals surface area contributed by atoms with Crippen LogP contribution in [-0.4, -0.2) is 30.2 Å². The lowest BCUT2D eigenvalue weighted by Gasteiger charge is -2.22. The van der Waals surface area contributed by atoms with Gasteiger partial charge in [-0.25, -0.2) is 0 Å². The Hall–Kier alpha value is -1.24. The number of aromatic nitrogens is 1. The molecule has 0 N–H and O–H groups in total. The summed E-state index contributed by atoms with van der Waals surface area (Å²) in [6.45, 7) is 1.43. The monoisotopic (exact) mass is 279 g/mol.